The Morgan fingerprint density at radius 2 is 1.73 bits per heavy atom. The van der Waals surface area contributed by atoms with Crippen LogP contribution in [0, 0.1) is 19.8 Å². The van der Waals surface area contributed by atoms with Crippen molar-refractivity contribution in [2.75, 3.05) is 25.0 Å². The number of aromatic nitrogens is 3. The van der Waals surface area contributed by atoms with E-state index in [0.29, 0.717) is 12.0 Å². The minimum absolute atomic E-state index is 0.291. The van der Waals surface area contributed by atoms with E-state index in [4.69, 9.17) is 9.98 Å². The van der Waals surface area contributed by atoms with Gasteiger partial charge in [0.25, 0.3) is 0 Å². The molecule has 1 N–H and O–H groups in total. The van der Waals surface area contributed by atoms with Crippen LogP contribution in [0.1, 0.15) is 37.9 Å². The highest BCUT2D eigenvalue weighted by Crippen LogP contribution is 2.30. The summed E-state index contributed by atoms with van der Waals surface area (Å²) in [5.41, 5.74) is 9.26. The van der Waals surface area contributed by atoms with Crippen LogP contribution in [0.25, 0.3) is 28.1 Å². The van der Waals surface area contributed by atoms with Crippen LogP contribution in [0.15, 0.2) is 84.0 Å². The first kappa shape index (κ1) is 26.2. The number of nitrogens with one attached hydrogen (secondary N) is 1. The molecule has 0 unspecified atom stereocenters. The van der Waals surface area contributed by atoms with Gasteiger partial charge in [-0.1, -0.05) is 43.7 Å². The van der Waals surface area contributed by atoms with Crippen LogP contribution in [0.3, 0.4) is 0 Å². The lowest BCUT2D eigenvalue weighted by Crippen LogP contribution is -2.38. The zero-order valence-electron chi connectivity index (χ0n) is 23.9. The summed E-state index contributed by atoms with van der Waals surface area (Å²) in [6, 6.07) is 25.8. The lowest BCUT2D eigenvalue weighted by atomic mass is 10.0. The van der Waals surface area contributed by atoms with Crippen LogP contribution in [0.5, 0.6) is 0 Å². The number of aryl methyl sites for hydroxylation is 2. The molecule has 1 aliphatic carbocycles. The standard InChI is InChI=1S/C34H38N6/c1-23(2)22-39-17-15-26(16-18-39)36-31-20-34-32(19-30(31)37-27-12-11-25(4)35-21-27)38-29-7-5-6-8-33(29)40(34)28-13-9-24(3)10-14-28/h5-14,19-21,23,26,37H,15-18,22H2,1-4H3/b36-31-. The fraction of sp³-hybridized carbons (Fsp3) is 0.324. The minimum atomic E-state index is 0.291. The van der Waals surface area contributed by atoms with Crippen molar-refractivity contribution in [1.29, 1.82) is 0 Å². The Hall–Kier alpha value is -4.03. The largest absolute Gasteiger partial charge is 0.352 e. The molecule has 1 saturated heterocycles. The summed E-state index contributed by atoms with van der Waals surface area (Å²) in [6.45, 7) is 12.1. The maximum absolute atomic E-state index is 5.37. The molecule has 204 valence electrons. The van der Waals surface area contributed by atoms with Crippen molar-refractivity contribution in [2.45, 2.75) is 46.6 Å². The average Bonchev–Trinajstić information content (AvgIpc) is 2.95. The van der Waals surface area contributed by atoms with E-state index < -0.39 is 0 Å². The Morgan fingerprint density at radius 1 is 0.950 bits per heavy atom. The number of hydrogen-bond acceptors (Lipinski definition) is 5. The molecule has 40 heavy (non-hydrogen) atoms. The highest BCUT2D eigenvalue weighted by atomic mass is 15.1. The van der Waals surface area contributed by atoms with Gasteiger partial charge in [0.2, 0.25) is 0 Å². The van der Waals surface area contributed by atoms with Gasteiger partial charge < -0.3 is 14.8 Å². The lowest BCUT2D eigenvalue weighted by molar-refractivity contribution is 0.192. The van der Waals surface area contributed by atoms with Gasteiger partial charge >= 0.3 is 0 Å². The fourth-order valence-corrected chi connectivity index (χ4v) is 5.66. The molecule has 0 saturated carbocycles. The number of hydrogen-bond donors (Lipinski definition) is 1. The van der Waals surface area contributed by atoms with Gasteiger partial charge in [-0.2, -0.15) is 0 Å². The van der Waals surface area contributed by atoms with Gasteiger partial charge in [-0.3, -0.25) is 9.98 Å². The molecule has 1 fully saturated rings. The van der Waals surface area contributed by atoms with Crippen molar-refractivity contribution in [2.24, 2.45) is 10.9 Å². The van der Waals surface area contributed by atoms with Crippen LogP contribution < -0.4 is 10.7 Å². The number of likely N-dealkylation sites (tertiary alicyclic amines) is 1. The van der Waals surface area contributed by atoms with Crippen LogP contribution in [0.4, 0.5) is 11.4 Å². The van der Waals surface area contributed by atoms with Gasteiger partial charge in [0, 0.05) is 31.0 Å². The fourth-order valence-electron chi connectivity index (χ4n) is 5.66. The van der Waals surface area contributed by atoms with Crippen LogP contribution >= 0.6 is 0 Å². The SMILES string of the molecule is Cc1ccc(-n2c3c/c(=N/C4CCN(CC(C)C)CC4)c(Nc4ccc(C)nc4)cc-3nc3ccccc32)cc1. The summed E-state index contributed by atoms with van der Waals surface area (Å²) in [7, 11) is 0. The number of benzene rings is 3. The smallest absolute Gasteiger partial charge is 0.0900 e. The Kier molecular flexibility index (Phi) is 7.35. The second-order valence-corrected chi connectivity index (χ2v) is 11.5. The van der Waals surface area contributed by atoms with Crippen LogP contribution in [-0.2, 0) is 0 Å². The number of pyridine rings is 1. The molecule has 0 radical (unpaired) electrons. The summed E-state index contributed by atoms with van der Waals surface area (Å²) >= 11 is 0. The van der Waals surface area contributed by atoms with E-state index in [1.54, 1.807) is 0 Å². The van der Waals surface area contributed by atoms with E-state index in [2.05, 4.69) is 101 Å². The van der Waals surface area contributed by atoms with Gasteiger partial charge in [-0.25, -0.2) is 4.98 Å². The molecule has 6 rings (SSSR count). The van der Waals surface area contributed by atoms with E-state index in [9.17, 15) is 0 Å². The highest BCUT2D eigenvalue weighted by molar-refractivity contribution is 5.84. The number of para-hydroxylation sites is 2. The van der Waals surface area contributed by atoms with Gasteiger partial charge in [-0.15, -0.1) is 0 Å². The molecular formula is C34H38N6. The summed E-state index contributed by atoms with van der Waals surface area (Å²) < 4.78 is 2.32. The Bertz CT molecular complexity index is 1640. The van der Waals surface area contributed by atoms with Gasteiger partial charge in [0.05, 0.1) is 51.4 Å². The number of nitrogens with zero attached hydrogens (tertiary/aromatic N) is 5. The van der Waals surface area contributed by atoms with E-state index in [1.165, 1.54) is 5.56 Å². The van der Waals surface area contributed by atoms with Crippen molar-refractivity contribution in [3.8, 4) is 17.1 Å². The van der Waals surface area contributed by atoms with E-state index in [1.807, 2.05) is 25.3 Å². The molecule has 0 amide bonds. The first-order chi connectivity index (χ1) is 19.4. The Morgan fingerprint density at radius 3 is 2.45 bits per heavy atom. The van der Waals surface area contributed by atoms with Crippen molar-refractivity contribution in [1.82, 2.24) is 19.4 Å². The van der Waals surface area contributed by atoms with Crippen molar-refractivity contribution < 1.29 is 0 Å². The monoisotopic (exact) mass is 530 g/mol. The molecule has 6 heteroatoms. The quantitative estimate of drug-likeness (QED) is 0.243. The third-order valence-electron chi connectivity index (χ3n) is 7.68. The van der Waals surface area contributed by atoms with E-state index in [0.717, 1.165) is 83.0 Å². The third-order valence-corrected chi connectivity index (χ3v) is 7.68. The lowest BCUT2D eigenvalue weighted by Gasteiger charge is -2.31. The van der Waals surface area contributed by atoms with Crippen molar-refractivity contribution in [3.63, 3.8) is 0 Å². The zero-order valence-corrected chi connectivity index (χ0v) is 23.9. The number of fused-ring (bicyclic) bond motifs is 2. The molecule has 3 aliphatic rings. The van der Waals surface area contributed by atoms with Gasteiger partial charge in [0.15, 0.2) is 0 Å². The molecule has 6 nitrogen and oxygen atoms in total. The van der Waals surface area contributed by atoms with Crippen LogP contribution in [-0.4, -0.2) is 45.1 Å². The van der Waals surface area contributed by atoms with E-state index >= 15 is 0 Å². The zero-order chi connectivity index (χ0) is 27.6. The average molecular weight is 531 g/mol. The summed E-state index contributed by atoms with van der Waals surface area (Å²) in [6.07, 6.45) is 4.03. The predicted molar refractivity (Wildman–Crippen MR) is 165 cm³/mol. The minimum Gasteiger partial charge on any atom is -0.352 e. The molecule has 0 spiro atoms. The Balaban J connectivity index is 1.51. The number of anilines is 2. The van der Waals surface area contributed by atoms with Crippen molar-refractivity contribution >= 4 is 22.4 Å². The van der Waals surface area contributed by atoms with Crippen LogP contribution in [0.2, 0.25) is 0 Å². The number of rotatable bonds is 6. The molecule has 2 aromatic carbocycles. The maximum atomic E-state index is 5.37. The Labute approximate surface area is 236 Å². The summed E-state index contributed by atoms with van der Waals surface area (Å²) in [5.74, 6) is 0.687. The predicted octanol–water partition coefficient (Wildman–Crippen LogP) is 6.91. The first-order valence-electron chi connectivity index (χ1n) is 14.4. The molecule has 3 heterocycles. The maximum Gasteiger partial charge on any atom is 0.0900 e. The highest BCUT2D eigenvalue weighted by Gasteiger charge is 2.21. The van der Waals surface area contributed by atoms with Gasteiger partial charge in [-0.05, 0) is 81.1 Å². The molecule has 0 atom stereocenters. The summed E-state index contributed by atoms with van der Waals surface area (Å²) in [4.78, 5) is 17.5. The molecule has 1 aromatic heterocycles. The van der Waals surface area contributed by atoms with Gasteiger partial charge in [0.1, 0.15) is 0 Å². The second-order valence-electron chi connectivity index (χ2n) is 11.5. The molecule has 0 bridgehead atoms. The molecule has 3 aromatic rings. The summed E-state index contributed by atoms with van der Waals surface area (Å²) in [5, 5.41) is 4.58. The number of piperidine rings is 1. The van der Waals surface area contributed by atoms with Crippen molar-refractivity contribution in [3.05, 3.63) is 95.6 Å². The molecular weight excluding hydrogens is 492 g/mol. The second kappa shape index (κ2) is 11.2. The van der Waals surface area contributed by atoms with E-state index in [-0.39, 0.29) is 0 Å². The topological polar surface area (TPSA) is 58.3 Å². The third kappa shape index (κ3) is 5.63. The molecule has 2 aliphatic heterocycles. The first-order valence-corrected chi connectivity index (χ1v) is 14.4. The normalized spacial score (nSPS) is 15.4.